The monoisotopic (exact) mass is 340 g/mol. The Balaban J connectivity index is 1.96. The number of alkyl carbamates (subject to hydrolysis) is 1. The van der Waals surface area contributed by atoms with Crippen LogP contribution in [0.1, 0.15) is 29.8 Å². The number of hydrogen-bond acceptors (Lipinski definition) is 4. The zero-order valence-corrected chi connectivity index (χ0v) is 14.1. The first-order chi connectivity index (χ1) is 12.0. The van der Waals surface area contributed by atoms with E-state index >= 15 is 0 Å². The van der Waals surface area contributed by atoms with Crippen molar-refractivity contribution in [2.24, 2.45) is 0 Å². The summed E-state index contributed by atoms with van der Waals surface area (Å²) in [6, 6.07) is 15.1. The molecule has 2 aromatic rings. The minimum absolute atomic E-state index is 0.121. The van der Waals surface area contributed by atoms with Crippen molar-refractivity contribution in [3.05, 3.63) is 65.7 Å². The lowest BCUT2D eigenvalue weighted by atomic mass is 10.0. The molecule has 0 saturated heterocycles. The molecule has 130 valence electrons. The maximum absolute atomic E-state index is 12.5. The fraction of sp³-hybridized carbons (Fsp3) is 0.211. The molecule has 0 heterocycles. The van der Waals surface area contributed by atoms with Gasteiger partial charge in [-0.25, -0.2) is 4.79 Å². The van der Waals surface area contributed by atoms with Gasteiger partial charge in [0.05, 0.1) is 11.7 Å². The molecular weight excluding hydrogens is 320 g/mol. The number of ether oxygens (including phenoxy) is 1. The van der Waals surface area contributed by atoms with Crippen LogP contribution in [0.4, 0.5) is 10.5 Å². The molecule has 0 fully saturated rings. The van der Waals surface area contributed by atoms with Gasteiger partial charge in [-0.15, -0.1) is 0 Å². The normalized spacial score (nSPS) is 11.3. The van der Waals surface area contributed by atoms with E-state index in [1.807, 2.05) is 30.3 Å². The molecule has 0 bridgehead atoms. The molecular formula is C19H20N2O4. The number of nitrogens with one attached hydrogen (secondary N) is 2. The summed E-state index contributed by atoms with van der Waals surface area (Å²) in [6.07, 6.45) is -0.679. The van der Waals surface area contributed by atoms with Crippen LogP contribution in [-0.2, 0) is 16.1 Å². The molecule has 6 nitrogen and oxygen atoms in total. The lowest BCUT2D eigenvalue weighted by molar-refractivity contribution is -0.114. The van der Waals surface area contributed by atoms with Crippen molar-refractivity contribution in [2.75, 3.05) is 5.32 Å². The number of amides is 2. The lowest BCUT2D eigenvalue weighted by Gasteiger charge is -2.15. The molecule has 1 atom stereocenters. The number of benzene rings is 2. The van der Waals surface area contributed by atoms with Crippen molar-refractivity contribution in [1.82, 2.24) is 5.32 Å². The van der Waals surface area contributed by atoms with Gasteiger partial charge in [0.2, 0.25) is 5.91 Å². The summed E-state index contributed by atoms with van der Waals surface area (Å²) in [6.45, 7) is 3.05. The predicted molar refractivity (Wildman–Crippen MR) is 94.3 cm³/mol. The standard InChI is InChI=1S/C19H20N2O4/c1-13(20-19(24)25-12-15-8-4-3-5-9-15)18(23)16-10-6-7-11-17(16)21-14(2)22/h3-11,13H,12H2,1-2H3,(H,20,24)(H,21,22)/t13-/m1/s1. The number of anilines is 1. The van der Waals surface area contributed by atoms with Crippen LogP contribution in [0, 0.1) is 0 Å². The van der Waals surface area contributed by atoms with Gasteiger partial charge >= 0.3 is 6.09 Å². The van der Waals surface area contributed by atoms with Crippen LogP contribution in [0.15, 0.2) is 54.6 Å². The van der Waals surface area contributed by atoms with Gasteiger partial charge in [-0.1, -0.05) is 42.5 Å². The van der Waals surface area contributed by atoms with Gasteiger partial charge in [0.15, 0.2) is 5.78 Å². The van der Waals surface area contributed by atoms with Gasteiger partial charge < -0.3 is 15.4 Å². The number of ketones is 1. The number of carbonyl (C=O) groups is 3. The Morgan fingerprint density at radius 2 is 1.64 bits per heavy atom. The summed E-state index contributed by atoms with van der Waals surface area (Å²) in [7, 11) is 0. The number of rotatable bonds is 6. The predicted octanol–water partition coefficient (Wildman–Crippen LogP) is 3.14. The third-order valence-corrected chi connectivity index (χ3v) is 3.44. The van der Waals surface area contributed by atoms with Crippen molar-refractivity contribution in [3.8, 4) is 0 Å². The number of carbonyl (C=O) groups excluding carboxylic acids is 3. The highest BCUT2D eigenvalue weighted by molar-refractivity contribution is 6.07. The van der Waals surface area contributed by atoms with Gasteiger partial charge in [-0.05, 0) is 24.6 Å². The molecule has 0 aliphatic rings. The molecule has 0 aliphatic heterocycles. The minimum atomic E-state index is -0.793. The van der Waals surface area contributed by atoms with Gasteiger partial charge in [0.25, 0.3) is 0 Å². The van der Waals surface area contributed by atoms with Crippen molar-refractivity contribution >= 4 is 23.5 Å². The maximum Gasteiger partial charge on any atom is 0.408 e. The number of hydrogen-bond donors (Lipinski definition) is 2. The highest BCUT2D eigenvalue weighted by Gasteiger charge is 2.21. The lowest BCUT2D eigenvalue weighted by Crippen LogP contribution is -2.39. The molecule has 0 aliphatic carbocycles. The smallest absolute Gasteiger partial charge is 0.408 e. The first kappa shape index (κ1) is 18.2. The second-order valence-corrected chi connectivity index (χ2v) is 5.52. The van der Waals surface area contributed by atoms with Gasteiger partial charge in [-0.2, -0.15) is 0 Å². The Kier molecular flexibility index (Phi) is 6.28. The highest BCUT2D eigenvalue weighted by Crippen LogP contribution is 2.17. The molecule has 2 aromatic carbocycles. The van der Waals surface area contributed by atoms with E-state index in [-0.39, 0.29) is 18.3 Å². The fourth-order valence-electron chi connectivity index (χ4n) is 2.24. The zero-order chi connectivity index (χ0) is 18.2. The molecule has 0 spiro atoms. The van der Waals surface area contributed by atoms with Crippen molar-refractivity contribution in [1.29, 1.82) is 0 Å². The third kappa shape index (κ3) is 5.46. The largest absolute Gasteiger partial charge is 0.445 e. The van der Waals surface area contributed by atoms with E-state index in [4.69, 9.17) is 4.74 Å². The van der Waals surface area contributed by atoms with E-state index in [9.17, 15) is 14.4 Å². The number of para-hydroxylation sites is 1. The van der Waals surface area contributed by atoms with Crippen LogP contribution in [0.3, 0.4) is 0 Å². The first-order valence-corrected chi connectivity index (χ1v) is 7.85. The summed E-state index contributed by atoms with van der Waals surface area (Å²) in [5.41, 5.74) is 1.59. The van der Waals surface area contributed by atoms with Crippen LogP contribution in [0.5, 0.6) is 0 Å². The Bertz CT molecular complexity index is 759. The van der Waals surface area contributed by atoms with E-state index in [0.717, 1.165) is 5.56 Å². The average molecular weight is 340 g/mol. The van der Waals surface area contributed by atoms with E-state index in [1.54, 1.807) is 31.2 Å². The van der Waals surface area contributed by atoms with Crippen molar-refractivity contribution in [3.63, 3.8) is 0 Å². The van der Waals surface area contributed by atoms with Crippen LogP contribution in [0.25, 0.3) is 0 Å². The Morgan fingerprint density at radius 3 is 2.32 bits per heavy atom. The summed E-state index contributed by atoms with van der Waals surface area (Å²) in [5.74, 6) is -0.593. The van der Waals surface area contributed by atoms with Gasteiger partial charge in [-0.3, -0.25) is 9.59 Å². The minimum Gasteiger partial charge on any atom is -0.445 e. The Hall–Kier alpha value is -3.15. The molecule has 2 rings (SSSR count). The van der Waals surface area contributed by atoms with E-state index < -0.39 is 12.1 Å². The van der Waals surface area contributed by atoms with E-state index in [0.29, 0.717) is 11.3 Å². The second-order valence-electron chi connectivity index (χ2n) is 5.52. The summed E-state index contributed by atoms with van der Waals surface area (Å²) >= 11 is 0. The zero-order valence-electron chi connectivity index (χ0n) is 14.1. The van der Waals surface area contributed by atoms with Crippen LogP contribution < -0.4 is 10.6 Å². The summed E-state index contributed by atoms with van der Waals surface area (Å²) in [5, 5.41) is 5.11. The topological polar surface area (TPSA) is 84.5 Å². The van der Waals surface area contributed by atoms with E-state index in [1.165, 1.54) is 6.92 Å². The van der Waals surface area contributed by atoms with Crippen LogP contribution in [-0.4, -0.2) is 23.8 Å². The fourth-order valence-corrected chi connectivity index (χ4v) is 2.24. The van der Waals surface area contributed by atoms with E-state index in [2.05, 4.69) is 10.6 Å². The molecule has 25 heavy (non-hydrogen) atoms. The summed E-state index contributed by atoms with van der Waals surface area (Å²) < 4.78 is 5.11. The third-order valence-electron chi connectivity index (χ3n) is 3.44. The summed E-state index contributed by atoms with van der Waals surface area (Å²) in [4.78, 5) is 35.6. The van der Waals surface area contributed by atoms with Crippen LogP contribution >= 0.6 is 0 Å². The molecule has 0 aromatic heterocycles. The quantitative estimate of drug-likeness (QED) is 0.791. The molecule has 6 heteroatoms. The average Bonchev–Trinajstić information content (AvgIpc) is 2.60. The molecule has 2 amide bonds. The van der Waals surface area contributed by atoms with Gasteiger partial charge in [0.1, 0.15) is 6.61 Å². The van der Waals surface area contributed by atoms with Crippen molar-refractivity contribution < 1.29 is 19.1 Å². The van der Waals surface area contributed by atoms with Crippen LogP contribution in [0.2, 0.25) is 0 Å². The Labute approximate surface area is 146 Å². The molecule has 0 saturated carbocycles. The Morgan fingerprint density at radius 1 is 1.00 bits per heavy atom. The first-order valence-electron chi connectivity index (χ1n) is 7.85. The molecule has 2 N–H and O–H groups in total. The SMILES string of the molecule is CC(=O)Nc1ccccc1C(=O)[C@@H](C)NC(=O)OCc1ccccc1. The maximum atomic E-state index is 12.5. The highest BCUT2D eigenvalue weighted by atomic mass is 16.5. The molecule has 0 unspecified atom stereocenters. The second kappa shape index (κ2) is 8.63. The molecule has 0 radical (unpaired) electrons. The van der Waals surface area contributed by atoms with Crippen molar-refractivity contribution in [2.45, 2.75) is 26.5 Å². The number of Topliss-reactive ketones (excluding diaryl/α,β-unsaturated/α-hetero) is 1. The van der Waals surface area contributed by atoms with Gasteiger partial charge in [0, 0.05) is 12.5 Å².